The lowest BCUT2D eigenvalue weighted by molar-refractivity contribution is -0.184. The lowest BCUT2D eigenvalue weighted by atomic mass is 9.77. The minimum atomic E-state index is -2.60. The number of hydrogen-bond acceptors (Lipinski definition) is 3. The molecule has 0 amide bonds. The molecule has 0 aromatic heterocycles. The average Bonchev–Trinajstić information content (AvgIpc) is 2.17. The topological polar surface area (TPSA) is 94.8 Å². The molecule has 14 heavy (non-hydrogen) atoms. The number of hydrogen-bond donors (Lipinski definition) is 3. The normalized spacial score (nSPS) is 19.2. The molecule has 1 aliphatic rings. The van der Waals surface area contributed by atoms with E-state index in [0.717, 1.165) is 19.3 Å². The van der Waals surface area contributed by atoms with Crippen LogP contribution in [0.5, 0.6) is 0 Å². The Balaban J connectivity index is 2.86. The quantitative estimate of drug-likeness (QED) is 0.578. The summed E-state index contributed by atoms with van der Waals surface area (Å²) in [6, 6.07) is 0. The van der Waals surface area contributed by atoms with Crippen molar-refractivity contribution in [1.29, 1.82) is 0 Å². The number of carbonyl (C=O) groups is 2. The summed E-state index contributed by atoms with van der Waals surface area (Å²) in [7, 11) is 0. The zero-order valence-corrected chi connectivity index (χ0v) is 7.77. The number of aliphatic carboxylic acids is 2. The summed E-state index contributed by atoms with van der Waals surface area (Å²) in [5, 5.41) is 27.0. The molecular weight excluding hydrogens is 188 g/mol. The van der Waals surface area contributed by atoms with Crippen LogP contribution in [0.2, 0.25) is 0 Å². The van der Waals surface area contributed by atoms with Gasteiger partial charge >= 0.3 is 11.9 Å². The van der Waals surface area contributed by atoms with E-state index >= 15 is 0 Å². The highest BCUT2D eigenvalue weighted by Gasteiger charge is 2.51. The minimum Gasteiger partial charge on any atom is -0.479 e. The van der Waals surface area contributed by atoms with Gasteiger partial charge in [0.15, 0.2) is 0 Å². The highest BCUT2D eigenvalue weighted by Crippen LogP contribution is 2.33. The minimum absolute atomic E-state index is 0.467. The Labute approximate surface area is 81.4 Å². The molecule has 0 aromatic rings. The monoisotopic (exact) mass is 202 g/mol. The molecule has 1 saturated carbocycles. The molecule has 1 rings (SSSR count). The predicted octanol–water partition coefficient (Wildman–Crippen LogP) is 0.467. The Hall–Kier alpha value is -1.10. The Morgan fingerprint density at radius 1 is 1.00 bits per heavy atom. The number of carboxylic acid groups (broad SMARTS) is 2. The summed E-state index contributed by atoms with van der Waals surface area (Å²) in [5.41, 5.74) is -2.60. The molecule has 0 heterocycles. The Morgan fingerprint density at radius 3 is 1.79 bits per heavy atom. The average molecular weight is 202 g/mol. The third-order valence-corrected chi connectivity index (χ3v) is 2.85. The first-order valence-electron chi connectivity index (χ1n) is 4.68. The Bertz CT molecular complexity index is 228. The molecular formula is C9H14O5. The molecule has 0 aliphatic heterocycles. The van der Waals surface area contributed by atoms with Crippen molar-refractivity contribution >= 4 is 11.9 Å². The number of carboxylic acids is 2. The van der Waals surface area contributed by atoms with Crippen LogP contribution < -0.4 is 0 Å². The van der Waals surface area contributed by atoms with Gasteiger partial charge < -0.3 is 15.3 Å². The zero-order chi connectivity index (χ0) is 10.8. The maximum atomic E-state index is 10.7. The van der Waals surface area contributed by atoms with E-state index in [4.69, 9.17) is 10.2 Å². The van der Waals surface area contributed by atoms with Gasteiger partial charge in [0, 0.05) is 5.92 Å². The molecule has 1 aliphatic carbocycles. The van der Waals surface area contributed by atoms with Crippen molar-refractivity contribution in [2.24, 2.45) is 5.92 Å². The molecule has 5 heteroatoms. The van der Waals surface area contributed by atoms with E-state index in [1.807, 2.05) is 0 Å². The van der Waals surface area contributed by atoms with Gasteiger partial charge in [0.2, 0.25) is 0 Å². The van der Waals surface area contributed by atoms with Crippen molar-refractivity contribution in [3.63, 3.8) is 0 Å². The van der Waals surface area contributed by atoms with Gasteiger partial charge in [-0.3, -0.25) is 0 Å². The molecule has 0 aromatic carbocycles. The lowest BCUT2D eigenvalue weighted by Gasteiger charge is -2.31. The van der Waals surface area contributed by atoms with Gasteiger partial charge in [-0.15, -0.1) is 0 Å². The predicted molar refractivity (Wildman–Crippen MR) is 46.8 cm³/mol. The van der Waals surface area contributed by atoms with E-state index in [1.54, 1.807) is 0 Å². The largest absolute Gasteiger partial charge is 0.479 e. The Morgan fingerprint density at radius 2 is 1.43 bits per heavy atom. The van der Waals surface area contributed by atoms with Crippen LogP contribution in [0, 0.1) is 5.92 Å². The van der Waals surface area contributed by atoms with Crippen LogP contribution >= 0.6 is 0 Å². The summed E-state index contributed by atoms with van der Waals surface area (Å²) in [4.78, 5) is 21.5. The summed E-state index contributed by atoms with van der Waals surface area (Å²) in [6.07, 6.45) is 3.48. The molecule has 0 spiro atoms. The maximum absolute atomic E-state index is 10.7. The number of aliphatic hydroxyl groups is 1. The van der Waals surface area contributed by atoms with Gasteiger partial charge in [-0.1, -0.05) is 19.3 Å². The molecule has 0 atom stereocenters. The fourth-order valence-electron chi connectivity index (χ4n) is 1.96. The second-order valence-corrected chi connectivity index (χ2v) is 3.71. The van der Waals surface area contributed by atoms with Crippen LogP contribution in [0.4, 0.5) is 0 Å². The van der Waals surface area contributed by atoms with Crippen molar-refractivity contribution in [2.75, 3.05) is 0 Å². The summed E-state index contributed by atoms with van der Waals surface area (Å²) in [6.45, 7) is 0. The smallest absolute Gasteiger partial charge is 0.347 e. The van der Waals surface area contributed by atoms with Crippen molar-refractivity contribution in [3.8, 4) is 0 Å². The van der Waals surface area contributed by atoms with Crippen LogP contribution in [0.15, 0.2) is 0 Å². The highest BCUT2D eigenvalue weighted by atomic mass is 16.4. The first kappa shape index (κ1) is 11.0. The van der Waals surface area contributed by atoms with Crippen molar-refractivity contribution < 1.29 is 24.9 Å². The molecule has 5 nitrogen and oxygen atoms in total. The van der Waals surface area contributed by atoms with Crippen molar-refractivity contribution in [3.05, 3.63) is 0 Å². The second kappa shape index (κ2) is 3.96. The highest BCUT2D eigenvalue weighted by molar-refractivity contribution is 6.01. The van der Waals surface area contributed by atoms with E-state index < -0.39 is 23.5 Å². The van der Waals surface area contributed by atoms with E-state index in [-0.39, 0.29) is 0 Å². The van der Waals surface area contributed by atoms with Gasteiger partial charge in [-0.05, 0) is 12.8 Å². The third kappa shape index (κ3) is 1.72. The Kier molecular flexibility index (Phi) is 3.10. The first-order chi connectivity index (χ1) is 6.49. The van der Waals surface area contributed by atoms with E-state index in [2.05, 4.69) is 0 Å². The standard InChI is InChI=1S/C9H14O5/c10-7(11)9(14,8(12)13)6-4-2-1-3-5-6/h6,14H,1-5H2,(H,10,11)(H,12,13). The lowest BCUT2D eigenvalue weighted by Crippen LogP contribution is -2.53. The van der Waals surface area contributed by atoms with Gasteiger partial charge in [0.05, 0.1) is 0 Å². The van der Waals surface area contributed by atoms with Gasteiger partial charge in [-0.2, -0.15) is 0 Å². The molecule has 80 valence electrons. The van der Waals surface area contributed by atoms with Crippen molar-refractivity contribution in [1.82, 2.24) is 0 Å². The van der Waals surface area contributed by atoms with E-state index in [1.165, 1.54) is 0 Å². The van der Waals surface area contributed by atoms with Crippen molar-refractivity contribution in [2.45, 2.75) is 37.7 Å². The SMILES string of the molecule is O=C(O)C(O)(C(=O)O)C1CCCCC1. The fraction of sp³-hybridized carbons (Fsp3) is 0.778. The fourth-order valence-corrected chi connectivity index (χ4v) is 1.96. The molecule has 1 fully saturated rings. The molecule has 3 N–H and O–H groups in total. The molecule has 0 radical (unpaired) electrons. The molecule has 0 unspecified atom stereocenters. The summed E-state index contributed by atoms with van der Waals surface area (Å²) < 4.78 is 0. The van der Waals surface area contributed by atoms with Gasteiger partial charge in [0.1, 0.15) is 0 Å². The summed E-state index contributed by atoms with van der Waals surface area (Å²) >= 11 is 0. The zero-order valence-electron chi connectivity index (χ0n) is 7.77. The van der Waals surface area contributed by atoms with Crippen LogP contribution in [0.1, 0.15) is 32.1 Å². The van der Waals surface area contributed by atoms with Crippen LogP contribution in [0.25, 0.3) is 0 Å². The first-order valence-corrected chi connectivity index (χ1v) is 4.68. The maximum Gasteiger partial charge on any atom is 0.347 e. The molecule has 0 saturated heterocycles. The second-order valence-electron chi connectivity index (χ2n) is 3.71. The number of rotatable bonds is 3. The van der Waals surface area contributed by atoms with Gasteiger partial charge in [0.25, 0.3) is 5.60 Å². The van der Waals surface area contributed by atoms with Gasteiger partial charge in [-0.25, -0.2) is 9.59 Å². The van der Waals surface area contributed by atoms with Crippen LogP contribution in [0.3, 0.4) is 0 Å². The van der Waals surface area contributed by atoms with E-state index in [9.17, 15) is 14.7 Å². The third-order valence-electron chi connectivity index (χ3n) is 2.85. The van der Waals surface area contributed by atoms with Crippen LogP contribution in [-0.2, 0) is 9.59 Å². The summed E-state index contributed by atoms with van der Waals surface area (Å²) in [5.74, 6) is -3.97. The van der Waals surface area contributed by atoms with Crippen LogP contribution in [-0.4, -0.2) is 32.9 Å². The van der Waals surface area contributed by atoms with E-state index in [0.29, 0.717) is 12.8 Å². The molecule has 0 bridgehead atoms.